The Hall–Kier alpha value is -2.89. The summed E-state index contributed by atoms with van der Waals surface area (Å²) in [5.41, 5.74) is 5.89. The summed E-state index contributed by atoms with van der Waals surface area (Å²) in [6.07, 6.45) is 1.01. The second-order valence-electron chi connectivity index (χ2n) is 5.95. The Kier molecular flexibility index (Phi) is 4.46. The van der Waals surface area contributed by atoms with Gasteiger partial charge >= 0.3 is 11.8 Å². The predicted octanol–water partition coefficient (Wildman–Crippen LogP) is 1.50. The Morgan fingerprint density at radius 1 is 1.00 bits per heavy atom. The quantitative estimate of drug-likeness (QED) is 0.820. The smallest absolute Gasteiger partial charge is 0.313 e. The van der Waals surface area contributed by atoms with Crippen LogP contribution in [0.5, 0.6) is 0 Å². The summed E-state index contributed by atoms with van der Waals surface area (Å²) in [5, 5.41) is 4.57. The van der Waals surface area contributed by atoms with Crippen LogP contribution in [-0.2, 0) is 14.4 Å². The van der Waals surface area contributed by atoms with Gasteiger partial charge in [0.2, 0.25) is 5.91 Å². The first-order valence-corrected chi connectivity index (χ1v) is 7.93. The first-order chi connectivity index (χ1) is 11.6. The van der Waals surface area contributed by atoms with E-state index < -0.39 is 11.8 Å². The number of rotatable bonds is 2. The number of likely N-dealkylation sites (tertiary alicyclic amines) is 1. The molecule has 3 amide bonds. The van der Waals surface area contributed by atoms with E-state index in [-0.39, 0.29) is 11.8 Å². The van der Waals surface area contributed by atoms with Gasteiger partial charge in [-0.3, -0.25) is 14.4 Å². The fraction of sp³-hybridized carbons (Fsp3) is 0.278. The van der Waals surface area contributed by atoms with Crippen LogP contribution in [0.25, 0.3) is 10.8 Å². The van der Waals surface area contributed by atoms with Crippen LogP contribution in [0.1, 0.15) is 12.8 Å². The number of hydrogen-bond donors (Lipinski definition) is 2. The third kappa shape index (κ3) is 3.22. The van der Waals surface area contributed by atoms with Gasteiger partial charge in [0, 0.05) is 30.1 Å². The van der Waals surface area contributed by atoms with Crippen LogP contribution in [0.4, 0.5) is 5.69 Å². The van der Waals surface area contributed by atoms with Crippen molar-refractivity contribution in [3.05, 3.63) is 42.5 Å². The number of primary amides is 1. The van der Waals surface area contributed by atoms with Gasteiger partial charge in [0.1, 0.15) is 0 Å². The highest BCUT2D eigenvalue weighted by molar-refractivity contribution is 6.40. The molecular weight excluding hydrogens is 306 g/mol. The summed E-state index contributed by atoms with van der Waals surface area (Å²) < 4.78 is 0. The van der Waals surface area contributed by atoms with E-state index in [1.807, 2.05) is 36.4 Å². The van der Waals surface area contributed by atoms with Gasteiger partial charge in [-0.1, -0.05) is 36.4 Å². The fourth-order valence-corrected chi connectivity index (χ4v) is 3.02. The first-order valence-electron chi connectivity index (χ1n) is 7.93. The zero-order valence-electron chi connectivity index (χ0n) is 13.2. The molecule has 1 aliphatic heterocycles. The molecule has 2 aromatic rings. The molecule has 0 radical (unpaired) electrons. The molecule has 0 spiro atoms. The molecule has 1 aliphatic rings. The molecule has 1 heterocycles. The maximum absolute atomic E-state index is 12.3. The Labute approximate surface area is 139 Å². The summed E-state index contributed by atoms with van der Waals surface area (Å²) in [7, 11) is 0. The monoisotopic (exact) mass is 325 g/mol. The van der Waals surface area contributed by atoms with Crippen molar-refractivity contribution in [2.45, 2.75) is 12.8 Å². The van der Waals surface area contributed by atoms with Gasteiger partial charge in [0.15, 0.2) is 0 Å². The molecule has 0 aliphatic carbocycles. The van der Waals surface area contributed by atoms with E-state index in [0.717, 1.165) is 10.8 Å². The van der Waals surface area contributed by atoms with Crippen LogP contribution < -0.4 is 11.1 Å². The number of anilines is 1. The minimum atomic E-state index is -0.663. The van der Waals surface area contributed by atoms with Gasteiger partial charge in [-0.2, -0.15) is 0 Å². The highest BCUT2D eigenvalue weighted by Crippen LogP contribution is 2.23. The van der Waals surface area contributed by atoms with Crippen LogP contribution in [0.2, 0.25) is 0 Å². The van der Waals surface area contributed by atoms with Gasteiger partial charge in [-0.15, -0.1) is 0 Å². The molecule has 6 heteroatoms. The normalized spacial score (nSPS) is 15.2. The third-order valence-corrected chi connectivity index (χ3v) is 4.42. The molecule has 6 nitrogen and oxygen atoms in total. The van der Waals surface area contributed by atoms with Gasteiger partial charge < -0.3 is 16.0 Å². The molecule has 0 bridgehead atoms. The number of fused-ring (bicyclic) bond motifs is 1. The lowest BCUT2D eigenvalue weighted by atomic mass is 9.96. The highest BCUT2D eigenvalue weighted by Gasteiger charge is 2.29. The Morgan fingerprint density at radius 2 is 1.67 bits per heavy atom. The zero-order chi connectivity index (χ0) is 17.1. The lowest BCUT2D eigenvalue weighted by Gasteiger charge is -2.30. The average Bonchev–Trinajstić information content (AvgIpc) is 2.61. The van der Waals surface area contributed by atoms with Crippen molar-refractivity contribution in [1.82, 2.24) is 4.90 Å². The third-order valence-electron chi connectivity index (χ3n) is 4.42. The Morgan fingerprint density at radius 3 is 2.38 bits per heavy atom. The van der Waals surface area contributed by atoms with Gasteiger partial charge in [0.25, 0.3) is 0 Å². The molecule has 1 fully saturated rings. The lowest BCUT2D eigenvalue weighted by molar-refractivity contribution is -0.144. The molecule has 0 atom stereocenters. The minimum Gasteiger partial charge on any atom is -0.369 e. The SMILES string of the molecule is NC(=O)C1CCN(C(=O)C(=O)Nc2cccc3ccccc23)CC1. The number of nitrogens with two attached hydrogens (primary N) is 1. The van der Waals surface area contributed by atoms with Crippen molar-refractivity contribution in [1.29, 1.82) is 0 Å². The van der Waals surface area contributed by atoms with E-state index in [1.165, 1.54) is 4.90 Å². The molecule has 1 saturated heterocycles. The van der Waals surface area contributed by atoms with Crippen molar-refractivity contribution in [3.8, 4) is 0 Å². The molecule has 24 heavy (non-hydrogen) atoms. The number of nitrogens with one attached hydrogen (secondary N) is 1. The molecular formula is C18H19N3O3. The topological polar surface area (TPSA) is 92.5 Å². The zero-order valence-corrected chi connectivity index (χ0v) is 13.2. The van der Waals surface area contributed by atoms with E-state index in [4.69, 9.17) is 5.73 Å². The highest BCUT2D eigenvalue weighted by atomic mass is 16.2. The Bertz CT molecular complexity index is 790. The number of piperidine rings is 1. The number of amides is 3. The van der Waals surface area contributed by atoms with E-state index >= 15 is 0 Å². The predicted molar refractivity (Wildman–Crippen MR) is 91.1 cm³/mol. The van der Waals surface area contributed by atoms with E-state index in [0.29, 0.717) is 31.6 Å². The summed E-state index contributed by atoms with van der Waals surface area (Å²) in [5.74, 6) is -1.80. The molecule has 3 rings (SSSR count). The number of hydrogen-bond acceptors (Lipinski definition) is 3. The van der Waals surface area contributed by atoms with E-state index in [9.17, 15) is 14.4 Å². The van der Waals surface area contributed by atoms with Crippen molar-refractivity contribution in [3.63, 3.8) is 0 Å². The van der Waals surface area contributed by atoms with Gasteiger partial charge in [0.05, 0.1) is 0 Å². The van der Waals surface area contributed by atoms with Crippen molar-refractivity contribution in [2.24, 2.45) is 11.7 Å². The molecule has 0 saturated carbocycles. The van der Waals surface area contributed by atoms with Crippen LogP contribution in [0.3, 0.4) is 0 Å². The van der Waals surface area contributed by atoms with E-state index in [1.54, 1.807) is 6.07 Å². The Balaban J connectivity index is 1.68. The molecule has 0 unspecified atom stereocenters. The van der Waals surface area contributed by atoms with Crippen LogP contribution >= 0.6 is 0 Å². The molecule has 124 valence electrons. The fourth-order valence-electron chi connectivity index (χ4n) is 3.02. The second kappa shape index (κ2) is 6.70. The van der Waals surface area contributed by atoms with Crippen molar-refractivity contribution < 1.29 is 14.4 Å². The molecule has 0 aromatic heterocycles. The van der Waals surface area contributed by atoms with Gasteiger partial charge in [-0.25, -0.2) is 0 Å². The van der Waals surface area contributed by atoms with Crippen molar-refractivity contribution in [2.75, 3.05) is 18.4 Å². The molecule has 2 aromatic carbocycles. The number of carbonyl (C=O) groups excluding carboxylic acids is 3. The summed E-state index contributed by atoms with van der Waals surface area (Å²) in [6, 6.07) is 13.2. The first kappa shape index (κ1) is 16.0. The average molecular weight is 325 g/mol. The number of carbonyl (C=O) groups is 3. The van der Waals surface area contributed by atoms with Gasteiger partial charge in [-0.05, 0) is 24.3 Å². The number of nitrogens with zero attached hydrogens (tertiary/aromatic N) is 1. The van der Waals surface area contributed by atoms with Crippen molar-refractivity contribution >= 4 is 34.2 Å². The van der Waals surface area contributed by atoms with E-state index in [2.05, 4.69) is 5.32 Å². The maximum Gasteiger partial charge on any atom is 0.313 e. The van der Waals surface area contributed by atoms with Crippen LogP contribution in [0.15, 0.2) is 42.5 Å². The second-order valence-corrected chi connectivity index (χ2v) is 5.95. The summed E-state index contributed by atoms with van der Waals surface area (Å²) >= 11 is 0. The van der Waals surface area contributed by atoms with Crippen LogP contribution in [0, 0.1) is 5.92 Å². The number of benzene rings is 2. The standard InChI is InChI=1S/C18H19N3O3/c19-16(22)13-8-10-21(11-9-13)18(24)17(23)20-15-7-3-5-12-4-1-2-6-14(12)15/h1-7,13H,8-11H2,(H2,19,22)(H,20,23). The minimum absolute atomic E-state index is 0.213. The molecule has 3 N–H and O–H groups in total. The summed E-state index contributed by atoms with van der Waals surface area (Å²) in [6.45, 7) is 0.741. The largest absolute Gasteiger partial charge is 0.369 e. The maximum atomic E-state index is 12.3. The van der Waals surface area contributed by atoms with Crippen LogP contribution in [-0.4, -0.2) is 35.7 Å². The summed E-state index contributed by atoms with van der Waals surface area (Å²) in [4.78, 5) is 37.2. The lowest BCUT2D eigenvalue weighted by Crippen LogP contribution is -2.46.